The van der Waals surface area contributed by atoms with E-state index < -0.39 is 18.6 Å². The fourth-order valence-corrected chi connectivity index (χ4v) is 3.97. The first kappa shape index (κ1) is 23.4. The number of nitrogens with two attached hydrogens (primary N) is 1. The molecule has 2 aromatic heterocycles. The van der Waals surface area contributed by atoms with E-state index in [4.69, 9.17) is 5.73 Å². The van der Waals surface area contributed by atoms with Crippen LogP contribution < -0.4 is 21.7 Å². The zero-order valence-electron chi connectivity index (χ0n) is 18.4. The van der Waals surface area contributed by atoms with Crippen LogP contribution in [0.1, 0.15) is 29.0 Å². The molecule has 0 unspecified atom stereocenters. The first-order chi connectivity index (χ1) is 16.3. The van der Waals surface area contributed by atoms with E-state index in [-0.39, 0.29) is 24.0 Å². The van der Waals surface area contributed by atoms with Crippen molar-refractivity contribution in [3.05, 3.63) is 54.0 Å². The predicted molar refractivity (Wildman–Crippen MR) is 126 cm³/mol. The number of anilines is 2. The first-order valence-electron chi connectivity index (χ1n) is 10.9. The van der Waals surface area contributed by atoms with Gasteiger partial charge in [-0.2, -0.15) is 13.2 Å². The summed E-state index contributed by atoms with van der Waals surface area (Å²) < 4.78 is 41.3. The lowest BCUT2D eigenvalue weighted by molar-refractivity contribution is -0.140. The summed E-state index contributed by atoms with van der Waals surface area (Å²) in [7, 11) is 0. The zero-order chi connectivity index (χ0) is 24.1. The summed E-state index contributed by atoms with van der Waals surface area (Å²) in [6.45, 7) is 0.884. The average molecular weight is 470 g/mol. The van der Waals surface area contributed by atoms with E-state index in [0.29, 0.717) is 16.6 Å². The van der Waals surface area contributed by atoms with Gasteiger partial charge in [0.1, 0.15) is 12.2 Å². The highest BCUT2D eigenvalue weighted by molar-refractivity contribution is 5.94. The van der Waals surface area contributed by atoms with Crippen LogP contribution in [-0.4, -0.2) is 47.3 Å². The van der Waals surface area contributed by atoms with Crippen molar-refractivity contribution < 1.29 is 18.0 Å². The molecule has 1 amide bonds. The number of amides is 1. The molecular formula is C24H25F3N6O. The van der Waals surface area contributed by atoms with Crippen molar-refractivity contribution in [1.29, 1.82) is 0 Å². The van der Waals surface area contributed by atoms with Crippen LogP contribution in [0.5, 0.6) is 0 Å². The van der Waals surface area contributed by atoms with Crippen LogP contribution in [0.15, 0.2) is 42.6 Å². The van der Waals surface area contributed by atoms with Gasteiger partial charge in [-0.1, -0.05) is 12.0 Å². The molecule has 1 aliphatic rings. The van der Waals surface area contributed by atoms with Crippen molar-refractivity contribution in [3.63, 3.8) is 0 Å². The molecule has 0 radical (unpaired) electrons. The topological polar surface area (TPSA) is 97.0 Å². The maximum absolute atomic E-state index is 13.4. The Hall–Kier alpha value is -3.71. The number of carbonyl (C=O) groups excluding carboxylic acids is 1. The summed E-state index contributed by atoms with van der Waals surface area (Å²) in [5.74, 6) is 5.13. The number of halogens is 3. The number of piperidine rings is 1. The van der Waals surface area contributed by atoms with Gasteiger partial charge in [0, 0.05) is 17.1 Å². The Balaban J connectivity index is 1.57. The molecule has 5 N–H and O–H groups in total. The summed E-state index contributed by atoms with van der Waals surface area (Å²) in [5, 5.41) is 10.5. The number of aromatic nitrogens is 2. The molecule has 1 saturated heterocycles. The van der Waals surface area contributed by atoms with Gasteiger partial charge >= 0.3 is 6.18 Å². The lowest BCUT2D eigenvalue weighted by atomic mass is 10.1. The van der Waals surface area contributed by atoms with Gasteiger partial charge in [-0.15, -0.1) is 0 Å². The van der Waals surface area contributed by atoms with Gasteiger partial charge in [0.05, 0.1) is 29.6 Å². The molecule has 3 heterocycles. The van der Waals surface area contributed by atoms with Crippen LogP contribution in [0.2, 0.25) is 0 Å². The standard InChI is InChI=1S/C24H25F3N6O/c25-24(26,27)15-33-18(3-2-10-30-17-6-7-21(23(28)34)31-14-17)13-19-20(4-1-5-22(19)33)32-16-8-11-29-12-9-16/h1,4-7,13-14,16,29-30,32H,8-12,15H2,(H2,28,34). The second kappa shape index (κ2) is 10.1. The molecule has 1 fully saturated rings. The first-order valence-corrected chi connectivity index (χ1v) is 10.9. The van der Waals surface area contributed by atoms with E-state index in [1.165, 1.54) is 16.8 Å². The van der Waals surface area contributed by atoms with E-state index in [1.807, 2.05) is 6.07 Å². The number of primary amides is 1. The summed E-state index contributed by atoms with van der Waals surface area (Å²) in [5.41, 5.74) is 7.51. The Morgan fingerprint density at radius 1 is 1.24 bits per heavy atom. The largest absolute Gasteiger partial charge is 0.406 e. The highest BCUT2D eigenvalue weighted by Crippen LogP contribution is 2.31. The highest BCUT2D eigenvalue weighted by atomic mass is 19.4. The van der Waals surface area contributed by atoms with Crippen LogP contribution in [0, 0.1) is 11.8 Å². The minimum atomic E-state index is -4.38. The monoisotopic (exact) mass is 470 g/mol. The molecule has 1 aliphatic heterocycles. The Bertz CT molecular complexity index is 1220. The van der Waals surface area contributed by atoms with Gasteiger partial charge in [0.2, 0.25) is 0 Å². The molecule has 0 aliphatic carbocycles. The van der Waals surface area contributed by atoms with E-state index in [9.17, 15) is 18.0 Å². The predicted octanol–water partition coefficient (Wildman–Crippen LogP) is 3.33. The van der Waals surface area contributed by atoms with Crippen molar-refractivity contribution in [2.24, 2.45) is 5.73 Å². The SMILES string of the molecule is NC(=O)c1ccc(NCC#Cc2cc3c(NC4CCNCC4)cccc3n2CC(F)(F)F)cn1. The van der Waals surface area contributed by atoms with Crippen LogP contribution in [-0.2, 0) is 6.54 Å². The van der Waals surface area contributed by atoms with Gasteiger partial charge in [0.15, 0.2) is 0 Å². The quantitative estimate of drug-likeness (QED) is 0.415. The molecule has 7 nitrogen and oxygen atoms in total. The van der Waals surface area contributed by atoms with Crippen molar-refractivity contribution in [2.45, 2.75) is 31.6 Å². The molecule has 0 saturated carbocycles. The highest BCUT2D eigenvalue weighted by Gasteiger charge is 2.30. The van der Waals surface area contributed by atoms with Crippen LogP contribution in [0.3, 0.4) is 0 Å². The van der Waals surface area contributed by atoms with E-state index in [0.717, 1.165) is 31.6 Å². The van der Waals surface area contributed by atoms with Crippen LogP contribution in [0.25, 0.3) is 10.9 Å². The van der Waals surface area contributed by atoms with E-state index in [2.05, 4.69) is 32.8 Å². The second-order valence-corrected chi connectivity index (χ2v) is 8.09. The Kier molecular flexibility index (Phi) is 6.93. The van der Waals surface area contributed by atoms with Crippen molar-refractivity contribution >= 4 is 28.2 Å². The molecule has 0 bridgehead atoms. The summed E-state index contributed by atoms with van der Waals surface area (Å²) >= 11 is 0. The van der Waals surface area contributed by atoms with Crippen LogP contribution in [0.4, 0.5) is 24.5 Å². The van der Waals surface area contributed by atoms with Crippen LogP contribution >= 0.6 is 0 Å². The lowest BCUT2D eigenvalue weighted by Gasteiger charge is -2.25. The van der Waals surface area contributed by atoms with Gasteiger partial charge in [-0.25, -0.2) is 4.98 Å². The zero-order valence-corrected chi connectivity index (χ0v) is 18.4. The minimum absolute atomic E-state index is 0.141. The number of carbonyl (C=O) groups is 1. The lowest BCUT2D eigenvalue weighted by Crippen LogP contribution is -2.35. The van der Waals surface area contributed by atoms with Gasteiger partial charge in [-0.3, -0.25) is 4.79 Å². The average Bonchev–Trinajstić information content (AvgIpc) is 3.14. The summed E-state index contributed by atoms with van der Waals surface area (Å²) in [6, 6.07) is 10.4. The maximum atomic E-state index is 13.4. The van der Waals surface area contributed by atoms with Crippen molar-refractivity contribution in [1.82, 2.24) is 14.9 Å². The summed E-state index contributed by atoms with van der Waals surface area (Å²) in [6.07, 6.45) is -1.03. The number of hydrogen-bond donors (Lipinski definition) is 4. The Labute approximate surface area is 194 Å². The van der Waals surface area contributed by atoms with Gasteiger partial charge in [-0.05, 0) is 62.2 Å². The molecule has 10 heteroatoms. The number of fused-ring (bicyclic) bond motifs is 1. The minimum Gasteiger partial charge on any atom is -0.382 e. The second-order valence-electron chi connectivity index (χ2n) is 8.09. The maximum Gasteiger partial charge on any atom is 0.406 e. The molecular weight excluding hydrogens is 445 g/mol. The third-order valence-corrected chi connectivity index (χ3v) is 5.60. The normalized spacial score (nSPS) is 14.4. The fraction of sp³-hybridized carbons (Fsp3) is 0.333. The third-order valence-electron chi connectivity index (χ3n) is 5.60. The number of alkyl halides is 3. The number of pyridine rings is 1. The molecule has 1 aromatic carbocycles. The molecule has 3 aromatic rings. The van der Waals surface area contributed by atoms with E-state index >= 15 is 0 Å². The number of benzene rings is 1. The van der Waals surface area contributed by atoms with E-state index in [1.54, 1.807) is 24.3 Å². The molecule has 0 atom stereocenters. The Morgan fingerprint density at radius 2 is 2.03 bits per heavy atom. The fourth-order valence-electron chi connectivity index (χ4n) is 3.97. The summed E-state index contributed by atoms with van der Waals surface area (Å²) in [4.78, 5) is 15.0. The smallest absolute Gasteiger partial charge is 0.382 e. The van der Waals surface area contributed by atoms with Gasteiger partial charge < -0.3 is 26.3 Å². The number of rotatable bonds is 6. The molecule has 178 valence electrons. The number of hydrogen-bond acceptors (Lipinski definition) is 5. The molecule has 0 spiro atoms. The van der Waals surface area contributed by atoms with Gasteiger partial charge in [0.25, 0.3) is 5.91 Å². The van der Waals surface area contributed by atoms with Crippen molar-refractivity contribution in [3.8, 4) is 11.8 Å². The Morgan fingerprint density at radius 3 is 2.71 bits per heavy atom. The molecule has 34 heavy (non-hydrogen) atoms. The third kappa shape index (κ3) is 5.80. The number of nitrogens with zero attached hydrogens (tertiary/aromatic N) is 2. The number of nitrogens with one attached hydrogen (secondary N) is 3. The molecule has 4 rings (SSSR count). The van der Waals surface area contributed by atoms with Crippen molar-refractivity contribution in [2.75, 3.05) is 30.3 Å².